The minimum Gasteiger partial charge on any atom is -0.493 e. The summed E-state index contributed by atoms with van der Waals surface area (Å²) in [6.07, 6.45) is 7.19. The number of nitrogens with zero attached hydrogens (tertiary/aromatic N) is 5. The third kappa shape index (κ3) is 4.24. The molecule has 5 rings (SSSR count). The first-order valence-electron chi connectivity index (χ1n) is 12.0. The van der Waals surface area contributed by atoms with E-state index in [1.807, 2.05) is 13.1 Å². The summed E-state index contributed by atoms with van der Waals surface area (Å²) in [4.78, 5) is 20.0. The molecule has 1 amide bonds. The van der Waals surface area contributed by atoms with Gasteiger partial charge in [0, 0.05) is 50.2 Å². The molecule has 0 spiro atoms. The van der Waals surface area contributed by atoms with Crippen LogP contribution in [0.4, 0.5) is 15.8 Å². The van der Waals surface area contributed by atoms with Crippen LogP contribution in [0, 0.1) is 12.7 Å². The van der Waals surface area contributed by atoms with Crippen LogP contribution in [-0.4, -0.2) is 57.9 Å². The normalized spacial score (nSPS) is 14.7. The summed E-state index contributed by atoms with van der Waals surface area (Å²) in [7, 11) is 3.22. The second-order valence-electron chi connectivity index (χ2n) is 9.09. The Hall–Kier alpha value is -3.37. The number of halogens is 2. The number of fused-ring (bicyclic) bond motifs is 2. The lowest BCUT2D eigenvalue weighted by atomic mass is 10.0. The van der Waals surface area contributed by atoms with Gasteiger partial charge >= 0.3 is 0 Å². The molecule has 0 bridgehead atoms. The zero-order valence-electron chi connectivity index (χ0n) is 20.7. The summed E-state index contributed by atoms with van der Waals surface area (Å²) < 4.78 is 24.3. The van der Waals surface area contributed by atoms with E-state index in [2.05, 4.69) is 32.5 Å². The van der Waals surface area contributed by atoms with Crippen molar-refractivity contribution in [1.29, 1.82) is 0 Å². The van der Waals surface area contributed by atoms with Crippen LogP contribution in [0.2, 0.25) is 5.02 Å². The van der Waals surface area contributed by atoms with E-state index in [4.69, 9.17) is 16.3 Å². The molecule has 4 heterocycles. The first-order valence-corrected chi connectivity index (χ1v) is 12.4. The second-order valence-corrected chi connectivity index (χ2v) is 9.47. The number of nitrogens with one attached hydrogen (secondary N) is 2. The number of hydrogen-bond donors (Lipinski definition) is 2. The highest BCUT2D eigenvalue weighted by molar-refractivity contribution is 6.35. The zero-order valence-corrected chi connectivity index (χ0v) is 21.5. The van der Waals surface area contributed by atoms with Crippen molar-refractivity contribution >= 4 is 45.4 Å². The molecule has 0 saturated carbocycles. The minimum absolute atomic E-state index is 0.128. The molecular weight excluding hydrogens is 485 g/mol. The third-order valence-electron chi connectivity index (χ3n) is 6.61. The van der Waals surface area contributed by atoms with Gasteiger partial charge in [-0.25, -0.2) is 9.37 Å². The van der Waals surface area contributed by atoms with Gasteiger partial charge in [0.1, 0.15) is 27.6 Å². The standard InChI is InChI=1S/C25H29ClFN7O2/c1-5-28-15-6-8-33(9-7-15)19-10-17(27)20(22-16(19)12-32(3)31-22)25(35)30-18-13-34-11-14(2)29-24(34)21(26)23(18)36-4/h10-13,15,28H,5-9H2,1-4H3,(H,30,35). The van der Waals surface area contributed by atoms with E-state index in [0.717, 1.165) is 49.2 Å². The van der Waals surface area contributed by atoms with Crippen molar-refractivity contribution in [2.75, 3.05) is 37.0 Å². The highest BCUT2D eigenvalue weighted by atomic mass is 35.5. The maximum absolute atomic E-state index is 15.6. The molecule has 4 aromatic rings. The van der Waals surface area contributed by atoms with Gasteiger partial charge < -0.3 is 24.7 Å². The smallest absolute Gasteiger partial charge is 0.261 e. The molecule has 1 saturated heterocycles. The van der Waals surface area contributed by atoms with Gasteiger partial charge in [0.05, 0.1) is 18.5 Å². The summed E-state index contributed by atoms with van der Waals surface area (Å²) in [6.45, 7) is 6.47. The molecule has 11 heteroatoms. The van der Waals surface area contributed by atoms with E-state index in [0.29, 0.717) is 22.9 Å². The molecule has 0 unspecified atom stereocenters. The molecule has 36 heavy (non-hydrogen) atoms. The Balaban J connectivity index is 1.52. The molecule has 1 aromatic carbocycles. The maximum atomic E-state index is 15.6. The molecule has 3 aromatic heterocycles. The number of amides is 1. The topological polar surface area (TPSA) is 88.7 Å². The molecule has 0 atom stereocenters. The molecule has 2 N–H and O–H groups in total. The van der Waals surface area contributed by atoms with Crippen molar-refractivity contribution in [1.82, 2.24) is 24.5 Å². The highest BCUT2D eigenvalue weighted by Gasteiger charge is 2.27. The number of pyridine rings is 1. The number of ether oxygens (including phenoxy) is 1. The fourth-order valence-electron chi connectivity index (χ4n) is 5.00. The Labute approximate surface area is 213 Å². The first kappa shape index (κ1) is 24.3. The predicted octanol–water partition coefficient (Wildman–Crippen LogP) is 4.16. The average Bonchev–Trinajstić information content (AvgIpc) is 3.41. The molecule has 0 radical (unpaired) electrons. The number of aromatic nitrogens is 4. The fraction of sp³-hybridized carbons (Fsp3) is 0.400. The minimum atomic E-state index is -0.640. The number of carbonyl (C=O) groups excluding carboxylic acids is 1. The van der Waals surface area contributed by atoms with Gasteiger partial charge in [-0.15, -0.1) is 0 Å². The van der Waals surface area contributed by atoms with Crippen molar-refractivity contribution in [3.63, 3.8) is 0 Å². The van der Waals surface area contributed by atoms with E-state index >= 15 is 4.39 Å². The number of carbonyl (C=O) groups is 1. The SMILES string of the molecule is CCNC1CCN(c2cc(F)c(C(=O)Nc3cn4cc(C)nc4c(Cl)c3OC)c3nn(C)cc23)CC1. The predicted molar refractivity (Wildman–Crippen MR) is 139 cm³/mol. The average molecular weight is 514 g/mol. The molecule has 1 aliphatic heterocycles. The first-order chi connectivity index (χ1) is 17.3. The van der Waals surface area contributed by atoms with Gasteiger partial charge in [-0.2, -0.15) is 5.10 Å². The Morgan fingerprint density at radius 3 is 2.72 bits per heavy atom. The molecular formula is C25H29ClFN7O2. The number of imidazole rings is 1. The highest BCUT2D eigenvalue weighted by Crippen LogP contribution is 2.37. The number of benzene rings is 1. The van der Waals surface area contributed by atoms with E-state index in [-0.39, 0.29) is 16.3 Å². The molecule has 190 valence electrons. The van der Waals surface area contributed by atoms with Gasteiger partial charge in [0.25, 0.3) is 5.91 Å². The van der Waals surface area contributed by atoms with E-state index in [1.165, 1.54) is 13.2 Å². The lowest BCUT2D eigenvalue weighted by Crippen LogP contribution is -2.42. The third-order valence-corrected chi connectivity index (χ3v) is 6.95. The van der Waals surface area contributed by atoms with Crippen molar-refractivity contribution in [2.24, 2.45) is 7.05 Å². The van der Waals surface area contributed by atoms with Crippen molar-refractivity contribution < 1.29 is 13.9 Å². The molecule has 1 aliphatic rings. The van der Waals surface area contributed by atoms with Crippen molar-refractivity contribution in [2.45, 2.75) is 32.7 Å². The van der Waals surface area contributed by atoms with Gasteiger partial charge in [-0.3, -0.25) is 9.48 Å². The summed E-state index contributed by atoms with van der Waals surface area (Å²) >= 11 is 6.50. The van der Waals surface area contributed by atoms with E-state index < -0.39 is 11.7 Å². The Morgan fingerprint density at radius 2 is 2.03 bits per heavy atom. The van der Waals surface area contributed by atoms with Crippen LogP contribution in [0.15, 0.2) is 24.7 Å². The Morgan fingerprint density at radius 1 is 1.28 bits per heavy atom. The number of aryl methyl sites for hydroxylation is 2. The summed E-state index contributed by atoms with van der Waals surface area (Å²) in [5, 5.41) is 11.7. The number of piperidine rings is 1. The quantitative estimate of drug-likeness (QED) is 0.402. The van der Waals surface area contributed by atoms with Crippen LogP contribution in [0.5, 0.6) is 5.75 Å². The van der Waals surface area contributed by atoms with Crippen LogP contribution >= 0.6 is 11.6 Å². The van der Waals surface area contributed by atoms with Gasteiger partial charge in [-0.05, 0) is 32.4 Å². The van der Waals surface area contributed by atoms with Crippen LogP contribution in [0.3, 0.4) is 0 Å². The Bertz CT molecular complexity index is 1460. The summed E-state index contributed by atoms with van der Waals surface area (Å²) in [5.74, 6) is -1.02. The van der Waals surface area contributed by atoms with Crippen LogP contribution in [0.1, 0.15) is 35.8 Å². The molecule has 9 nitrogen and oxygen atoms in total. The van der Waals surface area contributed by atoms with E-state index in [9.17, 15) is 4.79 Å². The van der Waals surface area contributed by atoms with Crippen molar-refractivity contribution in [3.8, 4) is 5.75 Å². The lowest BCUT2D eigenvalue weighted by Gasteiger charge is -2.34. The van der Waals surface area contributed by atoms with Crippen LogP contribution in [0.25, 0.3) is 16.6 Å². The fourth-order valence-corrected chi connectivity index (χ4v) is 5.32. The summed E-state index contributed by atoms with van der Waals surface area (Å²) in [5.41, 5.74) is 2.49. The number of rotatable bonds is 6. The monoisotopic (exact) mass is 513 g/mol. The van der Waals surface area contributed by atoms with Crippen molar-refractivity contribution in [3.05, 3.63) is 46.8 Å². The molecule has 0 aliphatic carbocycles. The number of methoxy groups -OCH3 is 1. The second kappa shape index (κ2) is 9.59. The van der Waals surface area contributed by atoms with Gasteiger partial charge in [0.15, 0.2) is 11.4 Å². The van der Waals surface area contributed by atoms with Gasteiger partial charge in [-0.1, -0.05) is 18.5 Å². The lowest BCUT2D eigenvalue weighted by molar-refractivity contribution is 0.102. The Kier molecular flexibility index (Phi) is 6.48. The number of anilines is 2. The number of hydrogen-bond acceptors (Lipinski definition) is 6. The molecule has 1 fully saturated rings. The van der Waals surface area contributed by atoms with Gasteiger partial charge in [0.2, 0.25) is 0 Å². The maximum Gasteiger partial charge on any atom is 0.261 e. The summed E-state index contributed by atoms with van der Waals surface area (Å²) in [6, 6.07) is 1.91. The van der Waals surface area contributed by atoms with E-state index in [1.54, 1.807) is 28.5 Å². The largest absolute Gasteiger partial charge is 0.493 e. The van der Waals surface area contributed by atoms with Crippen LogP contribution < -0.4 is 20.3 Å². The van der Waals surface area contributed by atoms with Crippen LogP contribution in [-0.2, 0) is 7.05 Å². The zero-order chi connectivity index (χ0) is 25.6.